The number of aromatic nitrogens is 4. The highest BCUT2D eigenvalue weighted by atomic mass is 32.2. The average molecular weight is 430 g/mol. The molecule has 2 aliphatic rings. The molecule has 11 heteroatoms. The number of rotatable bonds is 6. The number of aryl methyl sites for hydroxylation is 1. The molecule has 5 rings (SSSR count). The number of imidazole rings is 1. The second kappa shape index (κ2) is 7.58. The van der Waals surface area contributed by atoms with Crippen molar-refractivity contribution in [2.45, 2.75) is 44.1 Å². The molecule has 1 aromatic carbocycles. The van der Waals surface area contributed by atoms with Crippen LogP contribution in [0.2, 0.25) is 0 Å². The van der Waals surface area contributed by atoms with Gasteiger partial charge in [-0.2, -0.15) is 8.42 Å². The van der Waals surface area contributed by atoms with Gasteiger partial charge in [-0.15, -0.1) is 0 Å². The molecule has 3 heterocycles. The number of anilines is 1. The zero-order valence-corrected chi connectivity index (χ0v) is 17.0. The summed E-state index contributed by atoms with van der Waals surface area (Å²) in [7, 11) is -3.98. The van der Waals surface area contributed by atoms with Crippen molar-refractivity contribution >= 4 is 27.3 Å². The molecule has 10 nitrogen and oxygen atoms in total. The number of hydrogen-bond donors (Lipinski definition) is 2. The Morgan fingerprint density at radius 3 is 2.93 bits per heavy atom. The maximum absolute atomic E-state index is 11.0. The van der Waals surface area contributed by atoms with Gasteiger partial charge >= 0.3 is 10.3 Å². The lowest BCUT2D eigenvalue weighted by atomic mass is 10.1. The fourth-order valence-electron chi connectivity index (χ4n) is 4.23. The first-order valence-electron chi connectivity index (χ1n) is 9.82. The second-order valence-electron chi connectivity index (χ2n) is 7.55. The van der Waals surface area contributed by atoms with Crippen LogP contribution < -0.4 is 10.5 Å². The Bertz CT molecular complexity index is 1180. The molecule has 1 aliphatic carbocycles. The minimum Gasteiger partial charge on any atom is -0.361 e. The van der Waals surface area contributed by atoms with E-state index in [1.807, 2.05) is 4.57 Å². The molecule has 0 radical (unpaired) electrons. The van der Waals surface area contributed by atoms with Gasteiger partial charge in [-0.1, -0.05) is 24.3 Å². The molecule has 0 bridgehead atoms. The Hall–Kier alpha value is -2.60. The first kappa shape index (κ1) is 19.4. The summed E-state index contributed by atoms with van der Waals surface area (Å²) in [5.74, 6) is 0.688. The number of ether oxygens (including phenoxy) is 1. The van der Waals surface area contributed by atoms with Crippen molar-refractivity contribution in [3.8, 4) is 0 Å². The van der Waals surface area contributed by atoms with Crippen LogP contribution in [0.25, 0.3) is 11.2 Å². The standard InChI is InChI=1S/C19H22N6O4S/c20-30(26,27)28-9-13-6-8-16(29-13)25-11-23-17-18(21-10-22-19(17)25)24-15-7-5-12-3-1-2-4-14(12)15/h1-4,10-11,13,15-16H,5-9H2,(H2,20,26,27)(H,21,22,24)/t13-,15+,16-/m1/s1. The van der Waals surface area contributed by atoms with Crippen LogP contribution in [0.5, 0.6) is 0 Å². The van der Waals surface area contributed by atoms with Crippen LogP contribution in [-0.4, -0.2) is 40.6 Å². The smallest absolute Gasteiger partial charge is 0.333 e. The van der Waals surface area contributed by atoms with Crippen LogP contribution in [0, 0.1) is 0 Å². The summed E-state index contributed by atoms with van der Waals surface area (Å²) in [6.45, 7) is -0.106. The van der Waals surface area contributed by atoms with Gasteiger partial charge in [-0.05, 0) is 36.8 Å². The summed E-state index contributed by atoms with van der Waals surface area (Å²) >= 11 is 0. The summed E-state index contributed by atoms with van der Waals surface area (Å²) in [5, 5.41) is 8.41. The lowest BCUT2D eigenvalue weighted by Crippen LogP contribution is -2.23. The Morgan fingerprint density at radius 1 is 1.20 bits per heavy atom. The molecule has 3 atom stereocenters. The van der Waals surface area contributed by atoms with Crippen molar-refractivity contribution < 1.29 is 17.3 Å². The van der Waals surface area contributed by atoms with Crippen LogP contribution in [0.4, 0.5) is 5.82 Å². The monoisotopic (exact) mass is 430 g/mol. The summed E-state index contributed by atoms with van der Waals surface area (Å²) in [6.07, 6.45) is 5.90. The lowest BCUT2D eigenvalue weighted by molar-refractivity contribution is -0.0149. The first-order valence-corrected chi connectivity index (χ1v) is 11.3. The molecular weight excluding hydrogens is 408 g/mol. The predicted molar refractivity (Wildman–Crippen MR) is 109 cm³/mol. The third-order valence-electron chi connectivity index (χ3n) is 5.62. The molecule has 1 saturated heterocycles. The van der Waals surface area contributed by atoms with Crippen LogP contribution >= 0.6 is 0 Å². The van der Waals surface area contributed by atoms with Gasteiger partial charge in [0.15, 0.2) is 17.0 Å². The van der Waals surface area contributed by atoms with E-state index in [9.17, 15) is 8.42 Å². The van der Waals surface area contributed by atoms with E-state index in [0.717, 1.165) is 12.8 Å². The summed E-state index contributed by atoms with van der Waals surface area (Å²) < 4.78 is 34.4. The minimum atomic E-state index is -3.98. The Balaban J connectivity index is 1.35. The topological polar surface area (TPSA) is 134 Å². The number of nitrogens with one attached hydrogen (secondary N) is 1. The predicted octanol–water partition coefficient (Wildman–Crippen LogP) is 1.82. The molecular formula is C19H22N6O4S. The third kappa shape index (κ3) is 3.76. The normalized spacial score (nSPS) is 23.7. The van der Waals surface area contributed by atoms with Gasteiger partial charge in [0, 0.05) is 0 Å². The molecule has 1 fully saturated rings. The third-order valence-corrected chi connectivity index (χ3v) is 6.08. The molecule has 2 aromatic heterocycles. The quantitative estimate of drug-likeness (QED) is 0.605. The van der Waals surface area contributed by atoms with E-state index in [-0.39, 0.29) is 25.0 Å². The highest BCUT2D eigenvalue weighted by Crippen LogP contribution is 2.35. The van der Waals surface area contributed by atoms with E-state index < -0.39 is 10.3 Å². The summed E-state index contributed by atoms with van der Waals surface area (Å²) in [6, 6.07) is 8.61. The van der Waals surface area contributed by atoms with Crippen molar-refractivity contribution in [2.75, 3.05) is 11.9 Å². The van der Waals surface area contributed by atoms with E-state index >= 15 is 0 Å². The van der Waals surface area contributed by atoms with Crippen LogP contribution in [-0.2, 0) is 25.6 Å². The van der Waals surface area contributed by atoms with Crippen molar-refractivity contribution in [3.63, 3.8) is 0 Å². The number of hydrogen-bond acceptors (Lipinski definition) is 8. The average Bonchev–Trinajstić information content (AvgIpc) is 3.44. The minimum absolute atomic E-state index is 0.106. The molecule has 158 valence electrons. The summed E-state index contributed by atoms with van der Waals surface area (Å²) in [5.41, 5.74) is 3.99. The zero-order valence-electron chi connectivity index (χ0n) is 16.1. The number of benzene rings is 1. The van der Waals surface area contributed by atoms with Crippen molar-refractivity contribution in [1.82, 2.24) is 19.5 Å². The largest absolute Gasteiger partial charge is 0.361 e. The Morgan fingerprint density at radius 2 is 2.07 bits per heavy atom. The maximum atomic E-state index is 11.0. The molecule has 3 aromatic rings. The molecule has 0 amide bonds. The van der Waals surface area contributed by atoms with Gasteiger partial charge < -0.3 is 10.1 Å². The van der Waals surface area contributed by atoms with Crippen molar-refractivity contribution in [2.24, 2.45) is 5.14 Å². The van der Waals surface area contributed by atoms with Gasteiger partial charge in [0.25, 0.3) is 0 Å². The zero-order chi connectivity index (χ0) is 20.7. The molecule has 1 aliphatic heterocycles. The lowest BCUT2D eigenvalue weighted by Gasteiger charge is -2.16. The van der Waals surface area contributed by atoms with Crippen molar-refractivity contribution in [1.29, 1.82) is 0 Å². The number of nitrogens with zero attached hydrogens (tertiary/aromatic N) is 4. The first-order chi connectivity index (χ1) is 14.5. The van der Waals surface area contributed by atoms with E-state index in [1.54, 1.807) is 6.33 Å². The number of fused-ring (bicyclic) bond motifs is 2. The molecule has 3 N–H and O–H groups in total. The Kier molecular flexibility index (Phi) is 4.89. The van der Waals surface area contributed by atoms with E-state index in [4.69, 9.17) is 9.88 Å². The van der Waals surface area contributed by atoms with E-state index in [0.29, 0.717) is 29.8 Å². The van der Waals surface area contributed by atoms with Gasteiger partial charge in [-0.25, -0.2) is 20.1 Å². The van der Waals surface area contributed by atoms with Crippen molar-refractivity contribution in [3.05, 3.63) is 48.0 Å². The van der Waals surface area contributed by atoms with Gasteiger partial charge in [0.2, 0.25) is 0 Å². The van der Waals surface area contributed by atoms with E-state index in [1.165, 1.54) is 17.5 Å². The van der Waals surface area contributed by atoms with Gasteiger partial charge in [-0.3, -0.25) is 8.75 Å². The molecule has 30 heavy (non-hydrogen) atoms. The van der Waals surface area contributed by atoms with Gasteiger partial charge in [0.1, 0.15) is 12.6 Å². The SMILES string of the molecule is NS(=O)(=O)OC[C@H]1CC[C@H](n2cnc3c(N[C@H]4CCc5ccccc54)ncnc32)O1. The maximum Gasteiger partial charge on any atom is 0.333 e. The highest BCUT2D eigenvalue weighted by molar-refractivity contribution is 7.84. The van der Waals surface area contributed by atoms with Crippen LogP contribution in [0.1, 0.15) is 42.7 Å². The fourth-order valence-corrected chi connectivity index (χ4v) is 4.57. The molecule has 0 spiro atoms. The fraction of sp³-hybridized carbons (Fsp3) is 0.421. The van der Waals surface area contributed by atoms with Crippen LogP contribution in [0.15, 0.2) is 36.9 Å². The summed E-state index contributed by atoms with van der Waals surface area (Å²) in [4.78, 5) is 13.3. The van der Waals surface area contributed by atoms with Gasteiger partial charge in [0.05, 0.1) is 25.1 Å². The van der Waals surface area contributed by atoms with Crippen LogP contribution in [0.3, 0.4) is 0 Å². The van der Waals surface area contributed by atoms with E-state index in [2.05, 4.69) is 48.7 Å². The number of nitrogens with two attached hydrogens (primary N) is 1. The second-order valence-corrected chi connectivity index (χ2v) is 8.77. The molecule has 0 saturated carbocycles. The highest BCUT2D eigenvalue weighted by Gasteiger charge is 2.30. The Labute approximate surface area is 173 Å². The molecule has 0 unspecified atom stereocenters.